The van der Waals surface area contributed by atoms with Gasteiger partial charge in [0, 0.05) is 27.8 Å². The largest absolute Gasteiger partial charge is 0.272 e. The van der Waals surface area contributed by atoms with E-state index in [1.807, 2.05) is 43.8 Å². The van der Waals surface area contributed by atoms with E-state index >= 15 is 0 Å². The Morgan fingerprint density at radius 2 is 2.15 bits per heavy atom. The average Bonchev–Trinajstić information content (AvgIpc) is 2.63. The van der Waals surface area contributed by atoms with Gasteiger partial charge in [0.15, 0.2) is 0 Å². The molecule has 1 atom stereocenters. The van der Waals surface area contributed by atoms with Crippen molar-refractivity contribution in [3.63, 3.8) is 0 Å². The van der Waals surface area contributed by atoms with E-state index in [1.54, 1.807) is 0 Å². The van der Waals surface area contributed by atoms with Crippen molar-refractivity contribution in [1.29, 1.82) is 0 Å². The predicted octanol–water partition coefficient (Wildman–Crippen LogP) is 3.20. The molecule has 0 spiro atoms. The van der Waals surface area contributed by atoms with E-state index in [2.05, 4.69) is 26.5 Å². The average molecular weight is 358 g/mol. The molecule has 0 radical (unpaired) electrons. The maximum absolute atomic E-state index is 6.28. The molecule has 3 N–H and O–H groups in total. The number of hydrazine groups is 1. The molecule has 4 nitrogen and oxygen atoms in total. The molecule has 0 saturated heterocycles. The van der Waals surface area contributed by atoms with E-state index in [1.165, 1.54) is 0 Å². The summed E-state index contributed by atoms with van der Waals surface area (Å²) in [5.41, 5.74) is 7.17. The van der Waals surface area contributed by atoms with Gasteiger partial charge in [0.05, 0.1) is 11.7 Å². The quantitative estimate of drug-likeness (QED) is 0.652. The van der Waals surface area contributed by atoms with Gasteiger partial charge in [-0.1, -0.05) is 33.6 Å². The summed E-state index contributed by atoms with van der Waals surface area (Å²) in [5.74, 6) is 5.74. The van der Waals surface area contributed by atoms with Crippen molar-refractivity contribution in [3.05, 3.63) is 50.2 Å². The van der Waals surface area contributed by atoms with Crippen LogP contribution in [-0.2, 0) is 13.5 Å². The zero-order chi connectivity index (χ0) is 14.9. The van der Waals surface area contributed by atoms with Crippen LogP contribution >= 0.6 is 27.5 Å². The van der Waals surface area contributed by atoms with E-state index in [0.717, 1.165) is 38.4 Å². The van der Waals surface area contributed by atoms with Gasteiger partial charge in [0.25, 0.3) is 0 Å². The van der Waals surface area contributed by atoms with Gasteiger partial charge in [-0.3, -0.25) is 16.0 Å². The molecule has 0 amide bonds. The van der Waals surface area contributed by atoms with Crippen LogP contribution in [0.4, 0.5) is 0 Å². The van der Waals surface area contributed by atoms with Crippen molar-refractivity contribution in [2.45, 2.75) is 26.3 Å². The summed E-state index contributed by atoms with van der Waals surface area (Å²) in [7, 11) is 1.94. The van der Waals surface area contributed by atoms with Gasteiger partial charge in [0.2, 0.25) is 0 Å². The van der Waals surface area contributed by atoms with Crippen LogP contribution in [0.2, 0.25) is 5.02 Å². The van der Waals surface area contributed by atoms with Crippen LogP contribution in [0.3, 0.4) is 0 Å². The summed E-state index contributed by atoms with van der Waals surface area (Å²) in [6.07, 6.45) is 0.718. The fourth-order valence-corrected chi connectivity index (χ4v) is 3.20. The monoisotopic (exact) mass is 356 g/mol. The first-order valence-corrected chi connectivity index (χ1v) is 7.51. The first-order valence-electron chi connectivity index (χ1n) is 6.34. The second kappa shape index (κ2) is 6.26. The fraction of sp³-hybridized carbons (Fsp3) is 0.357. The highest BCUT2D eigenvalue weighted by Gasteiger charge is 2.20. The van der Waals surface area contributed by atoms with Crippen molar-refractivity contribution in [1.82, 2.24) is 15.2 Å². The standard InChI is InChI=1S/C14H18BrClN4/c1-8-14(9(2)20(3)19-8)13(18-17)6-10-4-5-11(15)7-12(10)16/h4-5,7,13,18H,6,17H2,1-3H3. The Morgan fingerprint density at radius 1 is 1.45 bits per heavy atom. The van der Waals surface area contributed by atoms with E-state index in [9.17, 15) is 0 Å². The number of hydrogen-bond donors (Lipinski definition) is 2. The third-order valence-corrected chi connectivity index (χ3v) is 4.40. The predicted molar refractivity (Wildman–Crippen MR) is 85.6 cm³/mol. The fourth-order valence-electron chi connectivity index (χ4n) is 2.45. The molecule has 0 fully saturated rings. The highest BCUT2D eigenvalue weighted by atomic mass is 79.9. The highest BCUT2D eigenvalue weighted by molar-refractivity contribution is 9.10. The number of hydrogen-bond acceptors (Lipinski definition) is 3. The molecule has 0 aliphatic rings. The SMILES string of the molecule is Cc1nn(C)c(C)c1C(Cc1ccc(Br)cc1Cl)NN. The minimum atomic E-state index is -0.0117. The van der Waals surface area contributed by atoms with Crippen LogP contribution in [0.15, 0.2) is 22.7 Å². The van der Waals surface area contributed by atoms with Crippen molar-refractivity contribution in [2.24, 2.45) is 12.9 Å². The number of aryl methyl sites for hydroxylation is 2. The molecule has 2 aromatic rings. The molecule has 1 unspecified atom stereocenters. The maximum Gasteiger partial charge on any atom is 0.0644 e. The summed E-state index contributed by atoms with van der Waals surface area (Å²) < 4.78 is 2.84. The van der Waals surface area contributed by atoms with Gasteiger partial charge in [-0.2, -0.15) is 5.10 Å². The third kappa shape index (κ3) is 3.06. The lowest BCUT2D eigenvalue weighted by molar-refractivity contribution is 0.546. The van der Waals surface area contributed by atoms with Gasteiger partial charge >= 0.3 is 0 Å². The van der Waals surface area contributed by atoms with Crippen molar-refractivity contribution >= 4 is 27.5 Å². The van der Waals surface area contributed by atoms with Gasteiger partial charge < -0.3 is 0 Å². The lowest BCUT2D eigenvalue weighted by atomic mass is 9.98. The molecule has 0 aliphatic carbocycles. The molecule has 0 aliphatic heterocycles. The molecular formula is C14H18BrClN4. The molecule has 0 bridgehead atoms. The Bertz CT molecular complexity index is 624. The molecule has 20 heavy (non-hydrogen) atoms. The minimum Gasteiger partial charge on any atom is -0.272 e. The summed E-state index contributed by atoms with van der Waals surface area (Å²) >= 11 is 9.70. The second-order valence-electron chi connectivity index (χ2n) is 4.87. The zero-order valence-electron chi connectivity index (χ0n) is 11.7. The van der Waals surface area contributed by atoms with E-state index in [4.69, 9.17) is 17.4 Å². The third-order valence-electron chi connectivity index (χ3n) is 3.55. The van der Waals surface area contributed by atoms with Crippen molar-refractivity contribution in [3.8, 4) is 0 Å². The zero-order valence-corrected chi connectivity index (χ0v) is 14.1. The van der Waals surface area contributed by atoms with Crippen molar-refractivity contribution < 1.29 is 0 Å². The molecular weight excluding hydrogens is 340 g/mol. The van der Waals surface area contributed by atoms with Crippen LogP contribution in [0.25, 0.3) is 0 Å². The summed E-state index contributed by atoms with van der Waals surface area (Å²) in [4.78, 5) is 0. The second-order valence-corrected chi connectivity index (χ2v) is 6.19. The molecule has 108 valence electrons. The summed E-state index contributed by atoms with van der Waals surface area (Å²) in [6, 6.07) is 5.88. The molecule has 6 heteroatoms. The first-order chi connectivity index (χ1) is 9.43. The van der Waals surface area contributed by atoms with Gasteiger partial charge in [-0.15, -0.1) is 0 Å². The van der Waals surface area contributed by atoms with Crippen LogP contribution in [0.5, 0.6) is 0 Å². The number of nitrogens with two attached hydrogens (primary N) is 1. The topological polar surface area (TPSA) is 55.9 Å². The van der Waals surface area contributed by atoms with Gasteiger partial charge in [-0.05, 0) is 38.0 Å². The number of rotatable bonds is 4. The first kappa shape index (κ1) is 15.5. The Balaban J connectivity index is 2.33. The van der Waals surface area contributed by atoms with Crippen LogP contribution < -0.4 is 11.3 Å². The van der Waals surface area contributed by atoms with Gasteiger partial charge in [-0.25, -0.2) is 0 Å². The Kier molecular flexibility index (Phi) is 4.86. The lowest BCUT2D eigenvalue weighted by Gasteiger charge is -2.18. The number of benzene rings is 1. The molecule has 2 rings (SSSR count). The Labute approximate surface area is 132 Å². The normalized spacial score (nSPS) is 12.7. The Morgan fingerprint density at radius 3 is 2.65 bits per heavy atom. The van der Waals surface area contributed by atoms with E-state index < -0.39 is 0 Å². The highest BCUT2D eigenvalue weighted by Crippen LogP contribution is 2.28. The van der Waals surface area contributed by atoms with Crippen LogP contribution in [0, 0.1) is 13.8 Å². The smallest absolute Gasteiger partial charge is 0.0644 e. The molecule has 0 saturated carbocycles. The lowest BCUT2D eigenvalue weighted by Crippen LogP contribution is -2.30. The summed E-state index contributed by atoms with van der Waals surface area (Å²) in [5, 5.41) is 5.17. The number of nitrogens with one attached hydrogen (secondary N) is 1. The number of nitrogens with zero attached hydrogens (tertiary/aromatic N) is 2. The number of aromatic nitrogens is 2. The maximum atomic E-state index is 6.28. The van der Waals surface area contributed by atoms with Crippen LogP contribution in [-0.4, -0.2) is 9.78 Å². The van der Waals surface area contributed by atoms with E-state index in [0.29, 0.717) is 0 Å². The Hall–Kier alpha value is -0.880. The van der Waals surface area contributed by atoms with Crippen molar-refractivity contribution in [2.75, 3.05) is 0 Å². The molecule has 1 aromatic carbocycles. The van der Waals surface area contributed by atoms with Gasteiger partial charge in [0.1, 0.15) is 0 Å². The van der Waals surface area contributed by atoms with E-state index in [-0.39, 0.29) is 6.04 Å². The van der Waals surface area contributed by atoms with Crippen LogP contribution in [0.1, 0.15) is 28.6 Å². The molecule has 1 heterocycles. The minimum absolute atomic E-state index is 0.0117. The number of halogens is 2. The molecule has 1 aromatic heterocycles. The summed E-state index contributed by atoms with van der Waals surface area (Å²) in [6.45, 7) is 4.04.